The van der Waals surface area contributed by atoms with E-state index in [-0.39, 0.29) is 11.4 Å². The Bertz CT molecular complexity index is 940. The number of carboxylic acids is 1. The smallest absolute Gasteiger partial charge is 0.339 e. The van der Waals surface area contributed by atoms with Gasteiger partial charge >= 0.3 is 5.97 Å². The van der Waals surface area contributed by atoms with Crippen LogP contribution in [0.2, 0.25) is 0 Å². The highest BCUT2D eigenvalue weighted by Crippen LogP contribution is 2.30. The van der Waals surface area contributed by atoms with Crippen LogP contribution in [0.15, 0.2) is 23.2 Å². The highest BCUT2D eigenvalue weighted by atomic mass is 32.2. The second-order valence-electron chi connectivity index (χ2n) is 4.75. The number of anilines is 1. The molecule has 0 amide bonds. The van der Waals surface area contributed by atoms with Crippen molar-refractivity contribution >= 4 is 21.8 Å². The topological polar surface area (TPSA) is 145 Å². The largest absolute Gasteiger partial charge is 0.506 e. The Kier molecular flexibility index (Phi) is 3.98. The molecule has 0 radical (unpaired) electrons. The van der Waals surface area contributed by atoms with Crippen molar-refractivity contribution in [1.29, 1.82) is 5.26 Å². The number of aromatic nitrogens is 2. The van der Waals surface area contributed by atoms with Gasteiger partial charge in [-0.05, 0) is 24.6 Å². The Morgan fingerprint density at radius 1 is 1.43 bits per heavy atom. The molecule has 2 aromatic rings. The zero-order valence-electron chi connectivity index (χ0n) is 12.1. The highest BCUT2D eigenvalue weighted by molar-refractivity contribution is 7.92. The molecule has 1 aromatic heterocycles. The maximum absolute atomic E-state index is 12.4. The predicted molar refractivity (Wildman–Crippen MR) is 78.5 cm³/mol. The number of aryl methyl sites for hydroxylation is 2. The van der Waals surface area contributed by atoms with Gasteiger partial charge in [0, 0.05) is 13.2 Å². The average molecular weight is 336 g/mol. The van der Waals surface area contributed by atoms with E-state index in [1.807, 2.05) is 0 Å². The van der Waals surface area contributed by atoms with E-state index < -0.39 is 32.2 Å². The molecule has 2 rings (SSSR count). The molecular weight excluding hydrogens is 324 g/mol. The number of hydrogen-bond acceptors (Lipinski definition) is 6. The number of hydrogen-bond donors (Lipinski definition) is 3. The molecule has 1 heterocycles. The van der Waals surface area contributed by atoms with Crippen LogP contribution in [0.25, 0.3) is 0 Å². The number of aromatic hydroxyl groups is 1. The van der Waals surface area contributed by atoms with Gasteiger partial charge in [0.25, 0.3) is 10.0 Å². The first-order chi connectivity index (χ1) is 10.7. The number of aromatic carboxylic acids is 1. The molecule has 0 aliphatic rings. The standard InChI is InChI=1S/C13H12N4O5S/c1-7-3-9(13(19)20)11(18)10(4-7)23(21,22)16-12-8(5-14)6-17(2)15-12/h3-4,6,18H,1-2H3,(H,15,16)(H,19,20). The Morgan fingerprint density at radius 3 is 2.65 bits per heavy atom. The maximum atomic E-state index is 12.4. The summed E-state index contributed by atoms with van der Waals surface area (Å²) >= 11 is 0. The Hall–Kier alpha value is -3.06. The summed E-state index contributed by atoms with van der Waals surface area (Å²) in [4.78, 5) is 10.5. The van der Waals surface area contributed by atoms with Crippen molar-refractivity contribution in [2.75, 3.05) is 4.72 Å². The summed E-state index contributed by atoms with van der Waals surface area (Å²) in [6.07, 6.45) is 1.32. The van der Waals surface area contributed by atoms with Crippen molar-refractivity contribution in [3.05, 3.63) is 35.0 Å². The maximum Gasteiger partial charge on any atom is 0.339 e. The van der Waals surface area contributed by atoms with Gasteiger partial charge < -0.3 is 10.2 Å². The second-order valence-corrected chi connectivity index (χ2v) is 6.40. The van der Waals surface area contributed by atoms with Gasteiger partial charge in [0.2, 0.25) is 0 Å². The van der Waals surface area contributed by atoms with E-state index in [2.05, 4.69) is 9.82 Å². The number of nitrogens with one attached hydrogen (secondary N) is 1. The lowest BCUT2D eigenvalue weighted by Crippen LogP contribution is -2.16. The number of nitrogens with zero attached hydrogens (tertiary/aromatic N) is 3. The van der Waals surface area contributed by atoms with Gasteiger partial charge in [0.15, 0.2) is 11.6 Å². The number of sulfonamides is 1. The molecule has 120 valence electrons. The molecule has 0 fully saturated rings. The second kappa shape index (κ2) is 5.62. The normalized spacial score (nSPS) is 11.0. The molecule has 3 N–H and O–H groups in total. The molecule has 23 heavy (non-hydrogen) atoms. The van der Waals surface area contributed by atoms with E-state index in [0.717, 1.165) is 12.1 Å². The number of rotatable bonds is 4. The minimum atomic E-state index is -4.33. The Labute approximate surface area is 131 Å². The SMILES string of the molecule is Cc1cc(C(=O)O)c(O)c(S(=O)(=O)Nc2nn(C)cc2C#N)c1. The lowest BCUT2D eigenvalue weighted by atomic mass is 10.1. The third-order valence-electron chi connectivity index (χ3n) is 2.92. The number of benzene rings is 1. The number of carboxylic acid groups (broad SMARTS) is 1. The van der Waals surface area contributed by atoms with Gasteiger partial charge in [-0.1, -0.05) is 0 Å². The van der Waals surface area contributed by atoms with E-state index in [1.54, 1.807) is 6.07 Å². The van der Waals surface area contributed by atoms with Gasteiger partial charge in [-0.2, -0.15) is 10.4 Å². The number of nitriles is 1. The molecule has 9 nitrogen and oxygen atoms in total. The van der Waals surface area contributed by atoms with E-state index in [0.29, 0.717) is 5.56 Å². The highest BCUT2D eigenvalue weighted by Gasteiger charge is 2.26. The summed E-state index contributed by atoms with van der Waals surface area (Å²) in [6, 6.07) is 4.05. The van der Waals surface area contributed by atoms with Gasteiger partial charge in [0.05, 0.1) is 0 Å². The van der Waals surface area contributed by atoms with Gasteiger partial charge in [0.1, 0.15) is 22.1 Å². The quantitative estimate of drug-likeness (QED) is 0.748. The van der Waals surface area contributed by atoms with Crippen LogP contribution in [0.3, 0.4) is 0 Å². The zero-order valence-corrected chi connectivity index (χ0v) is 12.9. The fourth-order valence-electron chi connectivity index (χ4n) is 1.94. The number of phenols is 1. The summed E-state index contributed by atoms with van der Waals surface area (Å²) < 4.78 is 28.1. The third-order valence-corrected chi connectivity index (χ3v) is 4.27. The van der Waals surface area contributed by atoms with Crippen LogP contribution < -0.4 is 4.72 Å². The number of carbonyl (C=O) groups is 1. The molecule has 0 unspecified atom stereocenters. The first-order valence-electron chi connectivity index (χ1n) is 6.19. The van der Waals surface area contributed by atoms with Crippen molar-refractivity contribution in [2.24, 2.45) is 7.05 Å². The van der Waals surface area contributed by atoms with E-state index in [4.69, 9.17) is 10.4 Å². The monoisotopic (exact) mass is 336 g/mol. The van der Waals surface area contributed by atoms with E-state index in [1.165, 1.54) is 24.9 Å². The van der Waals surface area contributed by atoms with Crippen LogP contribution in [0.1, 0.15) is 21.5 Å². The van der Waals surface area contributed by atoms with Crippen molar-refractivity contribution in [3.63, 3.8) is 0 Å². The third kappa shape index (κ3) is 3.09. The van der Waals surface area contributed by atoms with E-state index in [9.17, 15) is 18.3 Å². The fourth-order valence-corrected chi connectivity index (χ4v) is 3.16. The molecule has 0 aliphatic carbocycles. The van der Waals surface area contributed by atoms with Crippen LogP contribution in [0, 0.1) is 18.3 Å². The molecular formula is C13H12N4O5S. The molecule has 0 spiro atoms. The van der Waals surface area contributed by atoms with Crippen molar-refractivity contribution in [1.82, 2.24) is 9.78 Å². The molecule has 1 aromatic carbocycles. The van der Waals surface area contributed by atoms with Crippen molar-refractivity contribution < 1.29 is 23.4 Å². The predicted octanol–water partition coefficient (Wildman–Crippen LogP) is 0.805. The Balaban J connectivity index is 2.57. The van der Waals surface area contributed by atoms with Crippen molar-refractivity contribution in [2.45, 2.75) is 11.8 Å². The minimum Gasteiger partial charge on any atom is -0.506 e. The zero-order chi connectivity index (χ0) is 17.4. The molecule has 10 heteroatoms. The molecule has 0 atom stereocenters. The summed E-state index contributed by atoms with van der Waals surface area (Å²) in [7, 11) is -2.83. The van der Waals surface area contributed by atoms with Crippen molar-refractivity contribution in [3.8, 4) is 11.8 Å². The Morgan fingerprint density at radius 2 is 2.09 bits per heavy atom. The molecule has 0 bridgehead atoms. The van der Waals surface area contributed by atoms with Gasteiger partial charge in [-0.15, -0.1) is 0 Å². The fraction of sp³-hybridized carbons (Fsp3) is 0.154. The summed E-state index contributed by atoms with van der Waals surface area (Å²) in [5.41, 5.74) is -0.212. The van der Waals surface area contributed by atoms with Crippen LogP contribution in [0.4, 0.5) is 5.82 Å². The average Bonchev–Trinajstić information content (AvgIpc) is 2.79. The summed E-state index contributed by atoms with van der Waals surface area (Å²) in [5, 5.41) is 31.7. The van der Waals surface area contributed by atoms with Gasteiger partial charge in [-0.3, -0.25) is 9.40 Å². The molecule has 0 saturated heterocycles. The first-order valence-corrected chi connectivity index (χ1v) is 7.67. The molecule has 0 saturated carbocycles. The summed E-state index contributed by atoms with van der Waals surface area (Å²) in [5.74, 6) is -2.56. The van der Waals surface area contributed by atoms with Gasteiger partial charge in [-0.25, -0.2) is 13.2 Å². The van der Waals surface area contributed by atoms with Crippen LogP contribution in [0.5, 0.6) is 5.75 Å². The van der Waals surface area contributed by atoms with Crippen LogP contribution in [-0.2, 0) is 17.1 Å². The van der Waals surface area contributed by atoms with E-state index >= 15 is 0 Å². The minimum absolute atomic E-state index is 0.0123. The van der Waals surface area contributed by atoms with Crippen LogP contribution >= 0.6 is 0 Å². The first kappa shape index (κ1) is 16.3. The molecule has 0 aliphatic heterocycles. The lowest BCUT2D eigenvalue weighted by molar-refractivity contribution is 0.0693. The summed E-state index contributed by atoms with van der Waals surface area (Å²) in [6.45, 7) is 1.49. The van der Waals surface area contributed by atoms with Crippen LogP contribution in [-0.4, -0.2) is 34.4 Å². The lowest BCUT2D eigenvalue weighted by Gasteiger charge is -2.11.